The lowest BCUT2D eigenvalue weighted by Gasteiger charge is -2.25. The Morgan fingerprint density at radius 1 is 1.65 bits per heavy atom. The molecule has 5 nitrogen and oxygen atoms in total. The third-order valence-corrected chi connectivity index (χ3v) is 3.82. The molecule has 2 aliphatic heterocycles. The molecule has 1 aromatic heterocycles. The second-order valence-electron chi connectivity index (χ2n) is 4.63. The van der Waals surface area contributed by atoms with E-state index in [0.717, 1.165) is 4.47 Å². The van der Waals surface area contributed by atoms with Gasteiger partial charge >= 0.3 is 0 Å². The number of hydrogen-bond acceptors (Lipinski definition) is 4. The molecule has 0 radical (unpaired) electrons. The number of nitrogens with one attached hydrogen (secondary N) is 2. The minimum atomic E-state index is -0.535. The molecule has 0 bridgehead atoms. The summed E-state index contributed by atoms with van der Waals surface area (Å²) in [6.45, 7) is 2.88. The van der Waals surface area contributed by atoms with Crippen molar-refractivity contribution in [2.45, 2.75) is 13.0 Å². The molecule has 2 unspecified atom stereocenters. The monoisotopic (exact) mass is 297 g/mol. The van der Waals surface area contributed by atoms with Gasteiger partial charge in [-0.1, -0.05) is 0 Å². The fourth-order valence-electron chi connectivity index (χ4n) is 2.18. The summed E-state index contributed by atoms with van der Waals surface area (Å²) in [5.74, 6) is 0.673. The van der Waals surface area contributed by atoms with Crippen LogP contribution in [-0.4, -0.2) is 30.1 Å². The Labute approximate surface area is 107 Å². The van der Waals surface area contributed by atoms with Crippen LogP contribution < -0.4 is 10.6 Å². The summed E-state index contributed by atoms with van der Waals surface area (Å²) in [4.78, 5) is 16.5. The molecule has 1 fully saturated rings. The van der Waals surface area contributed by atoms with Gasteiger partial charge in [0.25, 0.3) is 0 Å². The molecule has 2 N–H and O–H groups in total. The Morgan fingerprint density at radius 2 is 2.47 bits per heavy atom. The zero-order chi connectivity index (χ0) is 12.0. The summed E-state index contributed by atoms with van der Waals surface area (Å²) < 4.78 is 6.24. The van der Waals surface area contributed by atoms with Crippen LogP contribution in [0.3, 0.4) is 0 Å². The number of halogens is 1. The van der Waals surface area contributed by atoms with Crippen LogP contribution in [0.4, 0.5) is 11.5 Å². The van der Waals surface area contributed by atoms with Gasteiger partial charge in [0, 0.05) is 10.7 Å². The van der Waals surface area contributed by atoms with Crippen molar-refractivity contribution >= 4 is 33.3 Å². The lowest BCUT2D eigenvalue weighted by Crippen LogP contribution is -2.44. The van der Waals surface area contributed by atoms with E-state index >= 15 is 0 Å². The van der Waals surface area contributed by atoms with Crippen LogP contribution in [0, 0.1) is 5.41 Å². The van der Waals surface area contributed by atoms with Gasteiger partial charge in [0.1, 0.15) is 5.82 Å². The maximum absolute atomic E-state index is 12.2. The Balaban J connectivity index is 2.06. The molecule has 17 heavy (non-hydrogen) atoms. The van der Waals surface area contributed by atoms with Gasteiger partial charge in [-0.2, -0.15) is 0 Å². The summed E-state index contributed by atoms with van der Waals surface area (Å²) in [6.07, 6.45) is 1.70. The molecular formula is C11H12BrN3O2. The van der Waals surface area contributed by atoms with Crippen LogP contribution in [0.5, 0.6) is 0 Å². The number of hydrogen-bond donors (Lipinski definition) is 2. The van der Waals surface area contributed by atoms with E-state index in [1.165, 1.54) is 0 Å². The molecule has 0 saturated carbocycles. The second-order valence-corrected chi connectivity index (χ2v) is 5.55. The quantitative estimate of drug-likeness (QED) is 0.764. The maximum Gasteiger partial charge on any atom is 0.234 e. The molecule has 3 heterocycles. The smallest absolute Gasteiger partial charge is 0.234 e. The van der Waals surface area contributed by atoms with Crippen molar-refractivity contribution in [2.24, 2.45) is 5.41 Å². The summed E-state index contributed by atoms with van der Waals surface area (Å²) in [7, 11) is 0. The van der Waals surface area contributed by atoms with Gasteiger partial charge in [0.05, 0.1) is 30.4 Å². The topological polar surface area (TPSA) is 63.2 Å². The average molecular weight is 298 g/mol. The molecule has 2 aliphatic rings. The van der Waals surface area contributed by atoms with E-state index in [2.05, 4.69) is 31.5 Å². The van der Waals surface area contributed by atoms with Crippen LogP contribution in [0.2, 0.25) is 0 Å². The second kappa shape index (κ2) is 3.68. The van der Waals surface area contributed by atoms with Gasteiger partial charge in [-0.15, -0.1) is 0 Å². The molecule has 1 amide bonds. The van der Waals surface area contributed by atoms with Gasteiger partial charge in [-0.3, -0.25) is 4.79 Å². The largest absolute Gasteiger partial charge is 0.378 e. The number of anilines is 2. The van der Waals surface area contributed by atoms with Gasteiger partial charge in [-0.05, 0) is 28.9 Å². The van der Waals surface area contributed by atoms with Crippen LogP contribution in [-0.2, 0) is 9.53 Å². The van der Waals surface area contributed by atoms with Crippen LogP contribution >= 0.6 is 15.9 Å². The van der Waals surface area contributed by atoms with Crippen molar-refractivity contribution in [3.63, 3.8) is 0 Å². The summed E-state index contributed by atoms with van der Waals surface area (Å²) in [6, 6.07) is 1.82. The number of rotatable bonds is 0. The number of carbonyl (C=O) groups is 1. The zero-order valence-corrected chi connectivity index (χ0v) is 10.9. The van der Waals surface area contributed by atoms with E-state index in [9.17, 15) is 4.79 Å². The van der Waals surface area contributed by atoms with E-state index in [0.29, 0.717) is 24.7 Å². The molecule has 6 heteroatoms. The first-order chi connectivity index (χ1) is 8.09. The van der Waals surface area contributed by atoms with E-state index < -0.39 is 5.41 Å². The molecular weight excluding hydrogens is 286 g/mol. The van der Waals surface area contributed by atoms with Crippen molar-refractivity contribution in [1.29, 1.82) is 0 Å². The molecule has 1 aromatic rings. The van der Waals surface area contributed by atoms with E-state index in [-0.39, 0.29) is 11.9 Å². The minimum absolute atomic E-state index is 0.0221. The number of fused-ring (bicyclic) bond motifs is 2. The van der Waals surface area contributed by atoms with Crippen LogP contribution in [0.25, 0.3) is 0 Å². The summed E-state index contributed by atoms with van der Waals surface area (Å²) >= 11 is 3.34. The van der Waals surface area contributed by atoms with Crippen LogP contribution in [0.1, 0.15) is 6.92 Å². The molecule has 3 rings (SSSR count). The first-order valence-electron chi connectivity index (χ1n) is 5.41. The summed E-state index contributed by atoms with van der Waals surface area (Å²) in [5, 5.41) is 6.18. The fraction of sp³-hybridized carbons (Fsp3) is 0.455. The first-order valence-corrected chi connectivity index (χ1v) is 6.20. The third kappa shape index (κ3) is 1.63. The molecule has 90 valence electrons. The molecule has 0 aliphatic carbocycles. The van der Waals surface area contributed by atoms with Crippen molar-refractivity contribution in [3.05, 3.63) is 16.7 Å². The fourth-order valence-corrected chi connectivity index (χ4v) is 2.51. The summed E-state index contributed by atoms with van der Waals surface area (Å²) in [5.41, 5.74) is 0.174. The van der Waals surface area contributed by atoms with Gasteiger partial charge < -0.3 is 15.4 Å². The van der Waals surface area contributed by atoms with Crippen molar-refractivity contribution in [3.8, 4) is 0 Å². The van der Waals surface area contributed by atoms with Gasteiger partial charge in [0.2, 0.25) is 5.91 Å². The average Bonchev–Trinajstić information content (AvgIpc) is 2.61. The Bertz CT molecular complexity index is 494. The first kappa shape index (κ1) is 11.0. The Hall–Kier alpha value is -1.14. The predicted octanol–water partition coefficient (Wildman–Crippen LogP) is 1.61. The number of nitrogens with zero attached hydrogens (tertiary/aromatic N) is 1. The number of ether oxygens (including phenoxy) is 1. The van der Waals surface area contributed by atoms with Crippen molar-refractivity contribution in [1.82, 2.24) is 4.98 Å². The lowest BCUT2D eigenvalue weighted by molar-refractivity contribution is -0.124. The highest BCUT2D eigenvalue weighted by atomic mass is 79.9. The number of aromatic nitrogens is 1. The maximum atomic E-state index is 12.2. The zero-order valence-electron chi connectivity index (χ0n) is 9.29. The van der Waals surface area contributed by atoms with Gasteiger partial charge in [-0.25, -0.2) is 4.98 Å². The minimum Gasteiger partial charge on any atom is -0.378 e. The predicted molar refractivity (Wildman–Crippen MR) is 66.9 cm³/mol. The highest BCUT2D eigenvalue weighted by Crippen LogP contribution is 2.37. The third-order valence-electron chi connectivity index (χ3n) is 3.39. The standard InChI is InChI=1S/C11H12BrN3O2/c1-11-5-17-4-8(11)15-9-7(14-10(11)16)2-6(12)3-13-9/h2-3,8H,4-5H2,1H3,(H,13,15)(H,14,16). The normalized spacial score (nSPS) is 30.9. The highest BCUT2D eigenvalue weighted by molar-refractivity contribution is 9.10. The number of carbonyl (C=O) groups excluding carboxylic acids is 1. The van der Waals surface area contributed by atoms with E-state index in [1.807, 2.05) is 13.0 Å². The Morgan fingerprint density at radius 3 is 3.29 bits per heavy atom. The SMILES string of the molecule is CC12COCC1Nc1ncc(Br)cc1NC2=O. The Kier molecular flexibility index (Phi) is 2.38. The lowest BCUT2D eigenvalue weighted by atomic mass is 9.84. The van der Waals surface area contributed by atoms with Crippen molar-refractivity contribution in [2.75, 3.05) is 23.8 Å². The van der Waals surface area contributed by atoms with Crippen molar-refractivity contribution < 1.29 is 9.53 Å². The number of pyridine rings is 1. The molecule has 1 saturated heterocycles. The van der Waals surface area contributed by atoms with Gasteiger partial charge in [0.15, 0.2) is 0 Å². The molecule has 0 spiro atoms. The highest BCUT2D eigenvalue weighted by Gasteiger charge is 2.48. The molecule has 0 aromatic carbocycles. The number of amides is 1. The van der Waals surface area contributed by atoms with E-state index in [1.54, 1.807) is 6.20 Å². The van der Waals surface area contributed by atoms with Crippen LogP contribution in [0.15, 0.2) is 16.7 Å². The molecule has 2 atom stereocenters. The van der Waals surface area contributed by atoms with E-state index in [4.69, 9.17) is 4.74 Å².